The monoisotopic (exact) mass is 408 g/mol. The van der Waals surface area contributed by atoms with Crippen LogP contribution in [0, 0.1) is 3.57 Å². The molecule has 1 aromatic heterocycles. The van der Waals surface area contributed by atoms with Crippen molar-refractivity contribution in [3.05, 3.63) is 20.2 Å². The molecule has 20 heavy (non-hydrogen) atoms. The molecule has 0 radical (unpaired) electrons. The number of ether oxygens (including phenoxy) is 1. The van der Waals surface area contributed by atoms with Gasteiger partial charge in [0.1, 0.15) is 10.8 Å². The fraction of sp³-hybridized carbons (Fsp3) is 0.733. The Morgan fingerprint density at radius 1 is 1.20 bits per heavy atom. The first-order chi connectivity index (χ1) is 9.63. The van der Waals surface area contributed by atoms with Crippen LogP contribution in [0.1, 0.15) is 63.9 Å². The lowest BCUT2D eigenvalue weighted by atomic mass is 9.83. The smallest absolute Gasteiger partial charge is 0.162 e. The molecule has 0 atom stereocenters. The molecular weight excluding hydrogens is 387 g/mol. The number of aryl methyl sites for hydroxylation is 1. The molecule has 3 nitrogen and oxygen atoms in total. The van der Waals surface area contributed by atoms with Gasteiger partial charge in [-0.15, -0.1) is 0 Å². The maximum absolute atomic E-state index is 6.32. The van der Waals surface area contributed by atoms with Gasteiger partial charge in [0.25, 0.3) is 0 Å². The zero-order chi connectivity index (χ0) is 14.6. The summed E-state index contributed by atoms with van der Waals surface area (Å²) in [5.74, 6) is 0.799. The minimum atomic E-state index is -0.316. The third kappa shape index (κ3) is 3.45. The molecule has 0 spiro atoms. The van der Waals surface area contributed by atoms with E-state index in [1.165, 1.54) is 19.3 Å². The third-order valence-electron chi connectivity index (χ3n) is 3.86. The predicted octanol–water partition coefficient (Wildman–Crippen LogP) is 4.88. The van der Waals surface area contributed by atoms with Crippen LogP contribution in [0.3, 0.4) is 0 Å². The molecular formula is C15H22ClIN2O. The SMILES string of the molecule is CCCc1nc(C2(OCC)CCCCC2)nc(Cl)c1I. The molecule has 1 aliphatic carbocycles. The fourth-order valence-corrected chi connectivity index (χ4v) is 3.60. The van der Waals surface area contributed by atoms with Crippen molar-refractivity contribution in [2.45, 2.75) is 64.4 Å². The van der Waals surface area contributed by atoms with Gasteiger partial charge in [0, 0.05) is 6.61 Å². The summed E-state index contributed by atoms with van der Waals surface area (Å²) in [6.45, 7) is 4.89. The fourth-order valence-electron chi connectivity index (χ4n) is 2.90. The Bertz CT molecular complexity index is 456. The Labute approximate surface area is 140 Å². The van der Waals surface area contributed by atoms with E-state index < -0.39 is 0 Å². The van der Waals surface area contributed by atoms with Crippen LogP contribution in [0.4, 0.5) is 0 Å². The van der Waals surface area contributed by atoms with Crippen molar-refractivity contribution in [2.75, 3.05) is 6.61 Å². The summed E-state index contributed by atoms with van der Waals surface area (Å²) in [4.78, 5) is 9.36. The average Bonchev–Trinajstić information content (AvgIpc) is 2.45. The summed E-state index contributed by atoms with van der Waals surface area (Å²) in [5.41, 5.74) is 0.747. The second-order valence-electron chi connectivity index (χ2n) is 5.34. The second kappa shape index (κ2) is 7.36. The minimum absolute atomic E-state index is 0.316. The van der Waals surface area contributed by atoms with Gasteiger partial charge in [0.05, 0.1) is 9.26 Å². The van der Waals surface area contributed by atoms with E-state index in [4.69, 9.17) is 21.3 Å². The summed E-state index contributed by atoms with van der Waals surface area (Å²) in [6.07, 6.45) is 7.63. The maximum Gasteiger partial charge on any atom is 0.162 e. The molecule has 1 fully saturated rings. The van der Waals surface area contributed by atoms with E-state index in [1.807, 2.05) is 6.92 Å². The Kier molecular flexibility index (Phi) is 6.05. The molecule has 0 unspecified atom stereocenters. The van der Waals surface area contributed by atoms with Crippen molar-refractivity contribution >= 4 is 34.2 Å². The van der Waals surface area contributed by atoms with Crippen molar-refractivity contribution in [2.24, 2.45) is 0 Å². The first kappa shape index (κ1) is 16.4. The molecule has 0 amide bonds. The normalized spacial score (nSPS) is 18.2. The topological polar surface area (TPSA) is 35.0 Å². The first-order valence-electron chi connectivity index (χ1n) is 7.49. The molecule has 0 N–H and O–H groups in total. The van der Waals surface area contributed by atoms with Gasteiger partial charge in [-0.25, -0.2) is 9.97 Å². The Morgan fingerprint density at radius 3 is 2.50 bits per heavy atom. The molecule has 1 saturated carbocycles. The van der Waals surface area contributed by atoms with Crippen LogP contribution in [-0.2, 0) is 16.8 Å². The van der Waals surface area contributed by atoms with Crippen LogP contribution in [0.2, 0.25) is 5.15 Å². The number of halogens is 2. The molecule has 5 heteroatoms. The number of rotatable bonds is 5. The van der Waals surface area contributed by atoms with Crippen LogP contribution in [0.25, 0.3) is 0 Å². The molecule has 2 rings (SSSR count). The molecule has 112 valence electrons. The van der Waals surface area contributed by atoms with E-state index in [9.17, 15) is 0 Å². The van der Waals surface area contributed by atoms with Crippen molar-refractivity contribution in [3.8, 4) is 0 Å². The van der Waals surface area contributed by atoms with E-state index in [0.29, 0.717) is 11.8 Å². The Balaban J connectivity index is 2.42. The lowest BCUT2D eigenvalue weighted by molar-refractivity contribution is -0.0768. The summed E-state index contributed by atoms with van der Waals surface area (Å²) < 4.78 is 7.08. The standard InChI is InChI=1S/C15H22ClIN2O/c1-3-8-11-12(17)13(16)19-14(18-11)15(20-4-2)9-6-5-7-10-15/h3-10H2,1-2H3. The molecule has 1 aliphatic rings. The van der Waals surface area contributed by atoms with Gasteiger partial charge >= 0.3 is 0 Å². The minimum Gasteiger partial charge on any atom is -0.367 e. The van der Waals surface area contributed by atoms with Gasteiger partial charge in [-0.1, -0.05) is 44.2 Å². The summed E-state index contributed by atoms with van der Waals surface area (Å²) in [7, 11) is 0. The number of hydrogen-bond acceptors (Lipinski definition) is 3. The van der Waals surface area contributed by atoms with E-state index >= 15 is 0 Å². The second-order valence-corrected chi connectivity index (χ2v) is 6.77. The van der Waals surface area contributed by atoms with E-state index in [-0.39, 0.29) is 5.60 Å². The van der Waals surface area contributed by atoms with Gasteiger partial charge in [-0.3, -0.25) is 0 Å². The van der Waals surface area contributed by atoms with Crippen LogP contribution in [0.5, 0.6) is 0 Å². The largest absolute Gasteiger partial charge is 0.367 e. The maximum atomic E-state index is 6.32. The van der Waals surface area contributed by atoms with Crippen LogP contribution < -0.4 is 0 Å². The average molecular weight is 409 g/mol. The molecule has 0 aliphatic heterocycles. The Hall–Kier alpha value is 0.0600. The van der Waals surface area contributed by atoms with Crippen LogP contribution in [-0.4, -0.2) is 16.6 Å². The lowest BCUT2D eigenvalue weighted by Crippen LogP contribution is -2.35. The van der Waals surface area contributed by atoms with E-state index in [2.05, 4.69) is 34.5 Å². The first-order valence-corrected chi connectivity index (χ1v) is 8.95. The molecule has 1 aromatic rings. The van der Waals surface area contributed by atoms with Gasteiger partial charge in [0.2, 0.25) is 0 Å². The quantitative estimate of drug-likeness (QED) is 0.514. The van der Waals surface area contributed by atoms with Crippen molar-refractivity contribution < 1.29 is 4.74 Å². The van der Waals surface area contributed by atoms with Crippen molar-refractivity contribution in [1.82, 2.24) is 9.97 Å². The van der Waals surface area contributed by atoms with Crippen LogP contribution in [0.15, 0.2) is 0 Å². The molecule has 0 bridgehead atoms. The van der Waals surface area contributed by atoms with Gasteiger partial charge in [-0.05, 0) is 48.8 Å². The molecule has 0 saturated heterocycles. The summed E-state index contributed by atoms with van der Waals surface area (Å²) in [6, 6.07) is 0. The Morgan fingerprint density at radius 2 is 1.90 bits per heavy atom. The lowest BCUT2D eigenvalue weighted by Gasteiger charge is -2.35. The molecule has 0 aromatic carbocycles. The highest BCUT2D eigenvalue weighted by atomic mass is 127. The van der Waals surface area contributed by atoms with Gasteiger partial charge < -0.3 is 4.74 Å². The zero-order valence-corrected chi connectivity index (χ0v) is 15.1. The number of nitrogens with zero attached hydrogens (tertiary/aromatic N) is 2. The van der Waals surface area contributed by atoms with Crippen molar-refractivity contribution in [1.29, 1.82) is 0 Å². The van der Waals surface area contributed by atoms with E-state index in [1.54, 1.807) is 0 Å². The van der Waals surface area contributed by atoms with E-state index in [0.717, 1.165) is 40.8 Å². The summed E-state index contributed by atoms with van der Waals surface area (Å²) in [5, 5.41) is 0.573. The third-order valence-corrected chi connectivity index (χ3v) is 5.58. The zero-order valence-electron chi connectivity index (χ0n) is 12.2. The van der Waals surface area contributed by atoms with Crippen LogP contribution >= 0.6 is 34.2 Å². The highest BCUT2D eigenvalue weighted by Crippen LogP contribution is 2.39. The summed E-state index contributed by atoms with van der Waals surface area (Å²) >= 11 is 8.57. The number of aromatic nitrogens is 2. The van der Waals surface area contributed by atoms with Gasteiger partial charge in [0.15, 0.2) is 5.82 Å². The highest BCUT2D eigenvalue weighted by molar-refractivity contribution is 14.1. The number of hydrogen-bond donors (Lipinski definition) is 0. The predicted molar refractivity (Wildman–Crippen MR) is 90.1 cm³/mol. The molecule has 1 heterocycles. The van der Waals surface area contributed by atoms with Gasteiger partial charge in [-0.2, -0.15) is 0 Å². The highest BCUT2D eigenvalue weighted by Gasteiger charge is 2.38. The van der Waals surface area contributed by atoms with Crippen molar-refractivity contribution in [3.63, 3.8) is 0 Å².